The van der Waals surface area contributed by atoms with E-state index in [4.69, 9.17) is 4.84 Å². The highest BCUT2D eigenvalue weighted by Gasteiger charge is 2.64. The van der Waals surface area contributed by atoms with E-state index >= 15 is 0 Å². The van der Waals surface area contributed by atoms with Crippen LogP contribution >= 0.6 is 0 Å². The minimum absolute atomic E-state index is 0.0276. The van der Waals surface area contributed by atoms with Gasteiger partial charge in [-0.2, -0.15) is 0 Å². The Hall–Kier alpha value is -1.28. The first-order valence-corrected chi connectivity index (χ1v) is 6.65. The Morgan fingerprint density at radius 3 is 2.17 bits per heavy atom. The maximum atomic E-state index is 6.31. The molecule has 1 aromatic carbocycles. The molecule has 0 N–H and O–H groups in total. The third-order valence-corrected chi connectivity index (χ3v) is 5.43. The lowest BCUT2D eigenvalue weighted by Gasteiger charge is -2.39. The van der Waals surface area contributed by atoms with Crippen LogP contribution in [0.5, 0.6) is 0 Å². The van der Waals surface area contributed by atoms with E-state index in [1.807, 2.05) is 6.07 Å². The van der Waals surface area contributed by atoms with Gasteiger partial charge in [0, 0.05) is 5.92 Å². The first-order valence-electron chi connectivity index (χ1n) is 6.65. The Kier molecular flexibility index (Phi) is 2.22. The molecule has 0 saturated carbocycles. The van der Waals surface area contributed by atoms with Crippen molar-refractivity contribution in [2.24, 2.45) is 5.92 Å². The van der Waals surface area contributed by atoms with Crippen LogP contribution in [0.4, 0.5) is 5.69 Å². The highest BCUT2D eigenvalue weighted by molar-refractivity contribution is 5.57. The molecule has 2 bridgehead atoms. The second-order valence-electron chi connectivity index (χ2n) is 5.95. The summed E-state index contributed by atoms with van der Waals surface area (Å²) in [7, 11) is 0. The highest BCUT2D eigenvalue weighted by atomic mass is 16.7. The summed E-state index contributed by atoms with van der Waals surface area (Å²) < 4.78 is 0. The van der Waals surface area contributed by atoms with Crippen molar-refractivity contribution >= 4 is 5.69 Å². The third-order valence-electron chi connectivity index (χ3n) is 5.43. The molecule has 96 valence electrons. The summed E-state index contributed by atoms with van der Waals surface area (Å²) in [4.78, 5) is 6.31. The lowest BCUT2D eigenvalue weighted by molar-refractivity contribution is 0.00759. The van der Waals surface area contributed by atoms with E-state index in [2.05, 4.69) is 63.9 Å². The molecule has 1 unspecified atom stereocenters. The van der Waals surface area contributed by atoms with Gasteiger partial charge in [-0.15, -0.1) is 0 Å². The second-order valence-corrected chi connectivity index (χ2v) is 5.95. The van der Waals surface area contributed by atoms with Crippen LogP contribution in [0.2, 0.25) is 0 Å². The quantitative estimate of drug-likeness (QED) is 0.693. The molecule has 0 aromatic heterocycles. The molecule has 1 aromatic rings. The van der Waals surface area contributed by atoms with Gasteiger partial charge in [-0.3, -0.25) is 4.84 Å². The van der Waals surface area contributed by atoms with Gasteiger partial charge in [0.1, 0.15) is 5.60 Å². The second kappa shape index (κ2) is 3.39. The molecule has 2 heteroatoms. The predicted octanol–water partition coefficient (Wildman–Crippen LogP) is 3.94. The van der Waals surface area contributed by atoms with Crippen LogP contribution in [0.25, 0.3) is 0 Å². The van der Waals surface area contributed by atoms with E-state index in [0.717, 1.165) is 5.69 Å². The van der Waals surface area contributed by atoms with Gasteiger partial charge in [-0.25, -0.2) is 5.06 Å². The Morgan fingerprint density at radius 2 is 1.67 bits per heavy atom. The molecule has 1 saturated heterocycles. The number of anilines is 1. The molecule has 3 rings (SSSR count). The summed E-state index contributed by atoms with van der Waals surface area (Å²) >= 11 is 0. The zero-order valence-corrected chi connectivity index (χ0v) is 11.8. The van der Waals surface area contributed by atoms with E-state index in [1.54, 1.807) is 0 Å². The summed E-state index contributed by atoms with van der Waals surface area (Å²) in [5.41, 5.74) is 3.80. The van der Waals surface area contributed by atoms with Crippen LogP contribution in [0.1, 0.15) is 34.6 Å². The number of fused-ring (bicyclic) bond motifs is 2. The molecule has 18 heavy (non-hydrogen) atoms. The number of nitrogens with zero attached hydrogens (tertiary/aromatic N) is 1. The number of hydrogen-bond acceptors (Lipinski definition) is 2. The maximum Gasteiger partial charge on any atom is 0.120 e. The minimum atomic E-state index is -0.158. The molecule has 0 amide bonds. The van der Waals surface area contributed by atoms with E-state index in [1.165, 1.54) is 11.1 Å². The Bertz CT molecular complexity index is 521. The average Bonchev–Trinajstić information content (AvgIpc) is 2.67. The Morgan fingerprint density at radius 1 is 1.06 bits per heavy atom. The molecule has 3 atom stereocenters. The first kappa shape index (κ1) is 11.8. The van der Waals surface area contributed by atoms with Crippen LogP contribution in [0, 0.1) is 5.92 Å². The number of para-hydroxylation sites is 1. The lowest BCUT2D eigenvalue weighted by atomic mass is 9.81. The van der Waals surface area contributed by atoms with Gasteiger partial charge in [-0.05, 0) is 51.0 Å². The number of benzene rings is 1. The van der Waals surface area contributed by atoms with Crippen molar-refractivity contribution in [2.45, 2.75) is 45.8 Å². The van der Waals surface area contributed by atoms with Crippen LogP contribution < -0.4 is 5.06 Å². The van der Waals surface area contributed by atoms with E-state index in [0.29, 0.717) is 5.92 Å². The highest BCUT2D eigenvalue weighted by Crippen LogP contribution is 2.58. The summed E-state index contributed by atoms with van der Waals surface area (Å²) in [6.45, 7) is 11.3. The van der Waals surface area contributed by atoms with Gasteiger partial charge in [0.25, 0.3) is 0 Å². The van der Waals surface area contributed by atoms with Crippen molar-refractivity contribution in [1.29, 1.82) is 0 Å². The topological polar surface area (TPSA) is 12.5 Å². The van der Waals surface area contributed by atoms with Gasteiger partial charge >= 0.3 is 0 Å². The molecule has 0 radical (unpaired) electrons. The molecule has 1 aliphatic heterocycles. The SMILES string of the molecule is CC1=C(C)[C@]2(C)C(C)[C@@]1(C)ON2c1ccccc1. The fraction of sp³-hybridized carbons (Fsp3) is 0.500. The number of hydrogen-bond donors (Lipinski definition) is 0. The van der Waals surface area contributed by atoms with Crippen molar-refractivity contribution in [1.82, 2.24) is 0 Å². The average molecular weight is 243 g/mol. The van der Waals surface area contributed by atoms with Crippen molar-refractivity contribution in [3.63, 3.8) is 0 Å². The fourth-order valence-electron chi connectivity index (χ4n) is 3.58. The maximum absolute atomic E-state index is 6.31. The summed E-state index contributed by atoms with van der Waals surface area (Å²) in [5.74, 6) is 0.463. The smallest absolute Gasteiger partial charge is 0.120 e. The monoisotopic (exact) mass is 243 g/mol. The van der Waals surface area contributed by atoms with E-state index in [9.17, 15) is 0 Å². The van der Waals surface area contributed by atoms with Gasteiger partial charge in [0.15, 0.2) is 0 Å². The van der Waals surface area contributed by atoms with Crippen molar-refractivity contribution in [2.75, 3.05) is 5.06 Å². The predicted molar refractivity (Wildman–Crippen MR) is 74.4 cm³/mol. The zero-order valence-electron chi connectivity index (χ0n) is 11.8. The summed E-state index contributed by atoms with van der Waals surface area (Å²) in [5, 5.41) is 2.11. The molecule has 2 nitrogen and oxygen atoms in total. The van der Waals surface area contributed by atoms with E-state index in [-0.39, 0.29) is 11.1 Å². The van der Waals surface area contributed by atoms with Gasteiger partial charge in [-0.1, -0.05) is 25.1 Å². The van der Waals surface area contributed by atoms with Crippen molar-refractivity contribution in [3.8, 4) is 0 Å². The van der Waals surface area contributed by atoms with Crippen molar-refractivity contribution in [3.05, 3.63) is 41.5 Å². The molecular weight excluding hydrogens is 222 g/mol. The third kappa shape index (κ3) is 1.12. The van der Waals surface area contributed by atoms with Gasteiger partial charge in [0.2, 0.25) is 0 Å². The Balaban J connectivity index is 2.14. The van der Waals surface area contributed by atoms with Crippen LogP contribution in [0.3, 0.4) is 0 Å². The van der Waals surface area contributed by atoms with Gasteiger partial charge < -0.3 is 0 Å². The number of rotatable bonds is 1. The molecule has 2 aliphatic rings. The number of hydroxylamine groups is 1. The summed E-state index contributed by atoms with van der Waals surface area (Å²) in [6.07, 6.45) is 0. The standard InChI is InChI=1S/C16H21NO/c1-11-12(2)16(5)13(3)15(11,4)17(18-16)14-9-7-6-8-10-14/h6-10,13H,1-5H3/t13?,15-,16+/m1/s1. The molecule has 0 spiro atoms. The molecule has 1 fully saturated rings. The normalized spacial score (nSPS) is 38.7. The van der Waals surface area contributed by atoms with Gasteiger partial charge in [0.05, 0.1) is 11.2 Å². The molecular formula is C16H21NO. The minimum Gasteiger partial charge on any atom is -0.261 e. The van der Waals surface area contributed by atoms with Crippen LogP contribution in [0.15, 0.2) is 41.5 Å². The van der Waals surface area contributed by atoms with Crippen LogP contribution in [-0.2, 0) is 4.84 Å². The lowest BCUT2D eigenvalue weighted by Crippen LogP contribution is -2.45. The van der Waals surface area contributed by atoms with Crippen molar-refractivity contribution < 1.29 is 4.84 Å². The largest absolute Gasteiger partial charge is 0.261 e. The van der Waals surface area contributed by atoms with Crippen LogP contribution in [-0.4, -0.2) is 11.1 Å². The molecule has 1 heterocycles. The Labute approximate surface area is 109 Å². The zero-order chi connectivity index (χ0) is 13.1. The molecule has 1 aliphatic carbocycles. The summed E-state index contributed by atoms with van der Waals surface area (Å²) in [6, 6.07) is 10.4. The fourth-order valence-corrected chi connectivity index (χ4v) is 3.58. The van der Waals surface area contributed by atoms with E-state index < -0.39 is 0 Å². The first-order chi connectivity index (χ1) is 8.42.